The van der Waals surface area contributed by atoms with Gasteiger partial charge in [0.15, 0.2) is 27.8 Å². The third-order valence-electron chi connectivity index (χ3n) is 8.35. The molecule has 0 bridgehead atoms. The molecule has 3 aromatic carbocycles. The van der Waals surface area contributed by atoms with E-state index in [2.05, 4.69) is 32.9 Å². The number of carbonyl (C=O) groups excluding carboxylic acids is 1. The Morgan fingerprint density at radius 2 is 1.64 bits per heavy atom. The van der Waals surface area contributed by atoms with Crippen molar-refractivity contribution >= 4 is 23.4 Å². The molecule has 264 valence electrons. The van der Waals surface area contributed by atoms with Gasteiger partial charge in [0.25, 0.3) is 5.56 Å². The lowest BCUT2D eigenvalue weighted by atomic mass is 9.94. The molecule has 10 nitrogen and oxygen atoms in total. The van der Waals surface area contributed by atoms with Crippen LogP contribution in [0.2, 0.25) is 0 Å². The number of hydrogen-bond donors (Lipinski definition) is 0. The number of carbonyl (C=O) groups is 1. The van der Waals surface area contributed by atoms with Gasteiger partial charge in [-0.2, -0.15) is 0 Å². The molecule has 50 heavy (non-hydrogen) atoms. The quantitative estimate of drug-likeness (QED) is 0.121. The van der Waals surface area contributed by atoms with E-state index in [1.54, 1.807) is 32.2 Å². The number of aryl methyl sites for hydroxylation is 3. The lowest BCUT2D eigenvalue weighted by molar-refractivity contribution is -0.140. The lowest BCUT2D eigenvalue weighted by Gasteiger charge is -2.27. The Bertz CT molecular complexity index is 2070. The van der Waals surface area contributed by atoms with Gasteiger partial charge < -0.3 is 28.4 Å². The lowest BCUT2D eigenvalue weighted by Crippen LogP contribution is -2.40. The molecule has 0 N–H and O–H groups in total. The summed E-state index contributed by atoms with van der Waals surface area (Å²) in [6.07, 6.45) is 1.80. The Balaban J connectivity index is 1.59. The van der Waals surface area contributed by atoms with Crippen molar-refractivity contribution in [3.8, 4) is 23.0 Å². The van der Waals surface area contributed by atoms with E-state index >= 15 is 0 Å². The first kappa shape index (κ1) is 36.4. The van der Waals surface area contributed by atoms with E-state index in [9.17, 15) is 9.59 Å². The second-order valence-corrected chi connectivity index (χ2v) is 12.8. The van der Waals surface area contributed by atoms with E-state index in [-0.39, 0.29) is 24.3 Å². The second-order valence-electron chi connectivity index (χ2n) is 11.8. The van der Waals surface area contributed by atoms with Gasteiger partial charge in [-0.1, -0.05) is 47.2 Å². The second kappa shape index (κ2) is 16.2. The first-order valence-electron chi connectivity index (χ1n) is 16.6. The molecule has 0 amide bonds. The Kier molecular flexibility index (Phi) is 11.8. The van der Waals surface area contributed by atoms with E-state index in [0.29, 0.717) is 63.4 Å². The minimum Gasteiger partial charge on any atom is -0.493 e. The largest absolute Gasteiger partial charge is 0.493 e. The van der Waals surface area contributed by atoms with Gasteiger partial charge >= 0.3 is 5.97 Å². The van der Waals surface area contributed by atoms with Crippen LogP contribution in [0.25, 0.3) is 6.08 Å². The van der Waals surface area contributed by atoms with Crippen LogP contribution in [0.15, 0.2) is 69.6 Å². The molecule has 0 aliphatic carbocycles. The van der Waals surface area contributed by atoms with Crippen molar-refractivity contribution < 1.29 is 33.2 Å². The summed E-state index contributed by atoms with van der Waals surface area (Å²) in [7, 11) is 3.08. The zero-order valence-corrected chi connectivity index (χ0v) is 30.7. The summed E-state index contributed by atoms with van der Waals surface area (Å²) in [4.78, 5) is 33.1. The van der Waals surface area contributed by atoms with Crippen LogP contribution in [0.5, 0.6) is 23.0 Å². The third-order valence-corrected chi connectivity index (χ3v) is 9.34. The first-order valence-corrected chi connectivity index (χ1v) is 17.4. The number of thiazole rings is 1. The predicted octanol–water partition coefficient (Wildman–Crippen LogP) is 5.74. The van der Waals surface area contributed by atoms with Crippen LogP contribution < -0.4 is 33.8 Å². The van der Waals surface area contributed by atoms with Crippen LogP contribution in [0, 0.1) is 20.8 Å². The van der Waals surface area contributed by atoms with Gasteiger partial charge in [-0.05, 0) is 88.1 Å². The van der Waals surface area contributed by atoms with Crippen molar-refractivity contribution in [2.24, 2.45) is 4.99 Å². The van der Waals surface area contributed by atoms with Gasteiger partial charge in [0.05, 0.1) is 42.7 Å². The van der Waals surface area contributed by atoms with Gasteiger partial charge in [0, 0.05) is 12.7 Å². The number of allylic oxidation sites excluding steroid dienone is 1. The Labute approximate surface area is 296 Å². The van der Waals surface area contributed by atoms with E-state index in [0.717, 1.165) is 11.1 Å². The molecule has 2 heterocycles. The van der Waals surface area contributed by atoms with Gasteiger partial charge in [-0.25, -0.2) is 9.79 Å². The van der Waals surface area contributed by atoms with Crippen LogP contribution in [-0.2, 0) is 20.9 Å². The van der Waals surface area contributed by atoms with Crippen molar-refractivity contribution in [1.82, 2.24) is 4.57 Å². The van der Waals surface area contributed by atoms with Crippen LogP contribution in [0.3, 0.4) is 0 Å². The molecule has 4 aromatic rings. The van der Waals surface area contributed by atoms with Crippen molar-refractivity contribution in [2.45, 2.75) is 54.2 Å². The topological polar surface area (TPSA) is 107 Å². The molecule has 0 radical (unpaired) electrons. The van der Waals surface area contributed by atoms with Gasteiger partial charge in [0.2, 0.25) is 0 Å². The molecule has 1 atom stereocenters. The fraction of sp³-hybridized carbons (Fsp3) is 0.359. The minimum atomic E-state index is -0.886. The fourth-order valence-corrected chi connectivity index (χ4v) is 7.17. The number of fused-ring (bicyclic) bond motifs is 1. The average molecular weight is 701 g/mol. The van der Waals surface area contributed by atoms with Gasteiger partial charge in [0.1, 0.15) is 19.3 Å². The highest BCUT2D eigenvalue weighted by atomic mass is 32.1. The summed E-state index contributed by atoms with van der Waals surface area (Å²) in [6.45, 7) is 13.2. The number of nitrogens with zero attached hydrogens (tertiary/aromatic N) is 2. The molecule has 0 spiro atoms. The highest BCUT2D eigenvalue weighted by molar-refractivity contribution is 7.07. The molecule has 0 unspecified atom stereocenters. The molecule has 5 rings (SSSR count). The molecule has 1 aliphatic rings. The summed E-state index contributed by atoms with van der Waals surface area (Å²) in [5.74, 6) is 1.50. The number of rotatable bonds is 14. The number of hydrogen-bond acceptors (Lipinski definition) is 10. The highest BCUT2D eigenvalue weighted by Gasteiger charge is 2.36. The standard InChI is InChI=1S/C39H44N2O8S/c1-9-46-32-20-27(14-15-30(32)49-22-29-24(4)18-23(3)19-25(29)5)21-33-37(42)41-35(28-12-11-13-31(45-8)36(28)47-10-2)34(26(6)40-39(41)50-33)38(43)48-17-16-44-7/h11-15,18-21,35H,9-10,16-17,22H2,1-8H3/b33-21+/t35-/m1/s1. The highest BCUT2D eigenvalue weighted by Crippen LogP contribution is 2.41. The maximum Gasteiger partial charge on any atom is 0.338 e. The first-order chi connectivity index (χ1) is 24.1. The number of ether oxygens (including phenoxy) is 6. The number of aromatic nitrogens is 1. The molecule has 0 saturated carbocycles. The van der Waals surface area contributed by atoms with E-state index in [4.69, 9.17) is 33.4 Å². The molecule has 1 aliphatic heterocycles. The summed E-state index contributed by atoms with van der Waals surface area (Å²) in [5, 5.41) is 0. The van der Waals surface area contributed by atoms with Crippen molar-refractivity contribution in [2.75, 3.05) is 40.6 Å². The van der Waals surface area contributed by atoms with Crippen LogP contribution >= 0.6 is 11.3 Å². The average Bonchev–Trinajstić information content (AvgIpc) is 3.38. The Hall–Kier alpha value is -4.87. The molecular formula is C39H44N2O8S. The number of esters is 1. The number of methoxy groups -OCH3 is 2. The normalized spacial score (nSPS) is 14.2. The fourth-order valence-electron chi connectivity index (χ4n) is 6.12. The van der Waals surface area contributed by atoms with E-state index in [1.165, 1.54) is 39.7 Å². The molecule has 0 saturated heterocycles. The smallest absolute Gasteiger partial charge is 0.338 e. The van der Waals surface area contributed by atoms with E-state index in [1.807, 2.05) is 38.1 Å². The van der Waals surface area contributed by atoms with Crippen LogP contribution in [0.4, 0.5) is 0 Å². The monoisotopic (exact) mass is 700 g/mol. The summed E-state index contributed by atoms with van der Waals surface area (Å²) >= 11 is 1.24. The minimum absolute atomic E-state index is 0.0474. The molecule has 0 fully saturated rings. The number of benzene rings is 3. The van der Waals surface area contributed by atoms with Crippen molar-refractivity contribution in [3.63, 3.8) is 0 Å². The van der Waals surface area contributed by atoms with Crippen molar-refractivity contribution in [3.05, 3.63) is 113 Å². The van der Waals surface area contributed by atoms with Crippen molar-refractivity contribution in [1.29, 1.82) is 0 Å². The summed E-state index contributed by atoms with van der Waals surface area (Å²) in [5.41, 5.74) is 6.38. The maximum atomic E-state index is 14.3. The summed E-state index contributed by atoms with van der Waals surface area (Å²) < 4.78 is 36.5. The Morgan fingerprint density at radius 1 is 0.900 bits per heavy atom. The number of para-hydroxylation sites is 1. The molecule has 1 aromatic heterocycles. The zero-order chi connectivity index (χ0) is 35.9. The van der Waals surface area contributed by atoms with Gasteiger partial charge in [-0.3, -0.25) is 9.36 Å². The van der Waals surface area contributed by atoms with E-state index < -0.39 is 12.0 Å². The van der Waals surface area contributed by atoms with Crippen LogP contribution in [0.1, 0.15) is 60.2 Å². The van der Waals surface area contributed by atoms with Gasteiger partial charge in [-0.15, -0.1) is 0 Å². The zero-order valence-electron chi connectivity index (χ0n) is 29.9. The maximum absolute atomic E-state index is 14.3. The third kappa shape index (κ3) is 7.64. The molecule has 11 heteroatoms. The Morgan fingerprint density at radius 3 is 2.32 bits per heavy atom. The summed E-state index contributed by atoms with van der Waals surface area (Å²) in [6, 6.07) is 14.4. The SMILES string of the molecule is CCOc1cc(/C=c2/sc3n(c2=O)[C@H](c2cccc(OC)c2OCC)C(C(=O)OCCOC)=C(C)N=3)ccc1OCc1c(C)cc(C)cc1C. The predicted molar refractivity (Wildman–Crippen MR) is 193 cm³/mol. The molecular weight excluding hydrogens is 657 g/mol. The van der Waals surface area contributed by atoms with Crippen LogP contribution in [-0.4, -0.2) is 51.2 Å².